The molecule has 5 rings (SSSR count). The summed E-state index contributed by atoms with van der Waals surface area (Å²) in [5.41, 5.74) is 3.24. The summed E-state index contributed by atoms with van der Waals surface area (Å²) in [6.07, 6.45) is 11.7. The third-order valence-electron chi connectivity index (χ3n) is 7.27. The van der Waals surface area contributed by atoms with Gasteiger partial charge in [-0.15, -0.1) is 0 Å². The molecule has 6 atom stereocenters. The monoisotopic (exact) mass is 283 g/mol. The van der Waals surface area contributed by atoms with Gasteiger partial charge in [0.1, 0.15) is 5.78 Å². The minimum absolute atomic E-state index is 0.463. The molecule has 0 aromatic heterocycles. The van der Waals surface area contributed by atoms with Crippen molar-refractivity contribution in [2.24, 2.45) is 35.5 Å². The summed E-state index contributed by atoms with van der Waals surface area (Å²) < 4.78 is 0. The number of hydrogen-bond donors (Lipinski definition) is 1. The van der Waals surface area contributed by atoms with Crippen molar-refractivity contribution < 1.29 is 4.79 Å². The van der Waals surface area contributed by atoms with Crippen LogP contribution in [-0.4, -0.2) is 18.9 Å². The SMILES string of the molecule is O=C1CCC2C(=CC=C3C2CCC2C3CC3CNCC32)C1. The third-order valence-corrected chi connectivity index (χ3v) is 7.27. The maximum atomic E-state index is 11.7. The third kappa shape index (κ3) is 1.78. The lowest BCUT2D eigenvalue weighted by Crippen LogP contribution is -2.36. The number of Topliss-reactive ketones (excluding diaryl/α,β-unsaturated/α-hetero) is 1. The average molecular weight is 283 g/mol. The molecular formula is C19H25NO. The standard InChI is InChI=1S/C19H25NO/c21-13-2-4-14-11(7-13)1-3-16-15(14)5-6-17-18(16)8-12-9-20-10-19(12)17/h1,3,12,14-15,17-20H,2,4-10H2. The summed E-state index contributed by atoms with van der Waals surface area (Å²) in [6, 6.07) is 0. The second kappa shape index (κ2) is 4.55. The van der Waals surface area contributed by atoms with Gasteiger partial charge >= 0.3 is 0 Å². The molecule has 1 saturated heterocycles. The van der Waals surface area contributed by atoms with Crippen molar-refractivity contribution in [1.82, 2.24) is 5.32 Å². The van der Waals surface area contributed by atoms with Crippen molar-refractivity contribution in [3.05, 3.63) is 23.3 Å². The predicted molar refractivity (Wildman–Crippen MR) is 82.7 cm³/mol. The van der Waals surface area contributed by atoms with E-state index >= 15 is 0 Å². The van der Waals surface area contributed by atoms with Gasteiger partial charge in [-0.3, -0.25) is 4.79 Å². The Labute approximate surface area is 127 Å². The van der Waals surface area contributed by atoms with Gasteiger partial charge in [-0.1, -0.05) is 23.3 Å². The normalized spacial score (nSPS) is 47.9. The van der Waals surface area contributed by atoms with E-state index in [0.717, 1.165) is 48.9 Å². The lowest BCUT2D eigenvalue weighted by Gasteiger charge is -2.44. The summed E-state index contributed by atoms with van der Waals surface area (Å²) >= 11 is 0. The molecule has 4 fully saturated rings. The van der Waals surface area contributed by atoms with Crippen molar-refractivity contribution in [3.8, 4) is 0 Å². The van der Waals surface area contributed by atoms with E-state index in [1.54, 1.807) is 5.57 Å². The van der Waals surface area contributed by atoms with Gasteiger partial charge in [0.2, 0.25) is 0 Å². The zero-order valence-corrected chi connectivity index (χ0v) is 12.7. The van der Waals surface area contributed by atoms with Crippen molar-refractivity contribution in [2.45, 2.75) is 38.5 Å². The second-order valence-corrected chi connectivity index (χ2v) is 8.04. The first-order chi connectivity index (χ1) is 10.3. The molecule has 3 saturated carbocycles. The van der Waals surface area contributed by atoms with Crippen molar-refractivity contribution in [1.29, 1.82) is 0 Å². The van der Waals surface area contributed by atoms with E-state index in [4.69, 9.17) is 0 Å². The van der Waals surface area contributed by atoms with Crippen LogP contribution in [0, 0.1) is 35.5 Å². The van der Waals surface area contributed by atoms with Crippen LogP contribution in [0.2, 0.25) is 0 Å². The quantitative estimate of drug-likeness (QED) is 0.740. The Morgan fingerprint density at radius 2 is 1.90 bits per heavy atom. The highest BCUT2D eigenvalue weighted by molar-refractivity contribution is 5.82. The van der Waals surface area contributed by atoms with E-state index in [1.807, 2.05) is 0 Å². The molecule has 1 heterocycles. The molecule has 0 radical (unpaired) electrons. The predicted octanol–water partition coefficient (Wildman–Crippen LogP) is 3.10. The number of hydrogen-bond acceptors (Lipinski definition) is 2. The van der Waals surface area contributed by atoms with Gasteiger partial charge in [0.15, 0.2) is 0 Å². The Balaban J connectivity index is 1.48. The Bertz CT molecular complexity index is 546. The number of rotatable bonds is 0. The molecule has 112 valence electrons. The molecule has 0 spiro atoms. The van der Waals surface area contributed by atoms with Gasteiger partial charge in [-0.05, 0) is 74.3 Å². The van der Waals surface area contributed by atoms with Crippen LogP contribution in [-0.2, 0) is 4.79 Å². The van der Waals surface area contributed by atoms with Crippen LogP contribution >= 0.6 is 0 Å². The van der Waals surface area contributed by atoms with Crippen LogP contribution in [0.1, 0.15) is 38.5 Å². The molecular weight excluding hydrogens is 258 g/mol. The van der Waals surface area contributed by atoms with Crippen LogP contribution in [0.3, 0.4) is 0 Å². The number of carbonyl (C=O) groups excluding carboxylic acids is 1. The van der Waals surface area contributed by atoms with Gasteiger partial charge < -0.3 is 5.32 Å². The average Bonchev–Trinajstić information content (AvgIpc) is 3.07. The summed E-state index contributed by atoms with van der Waals surface area (Å²) in [5, 5.41) is 3.61. The Morgan fingerprint density at radius 3 is 2.86 bits per heavy atom. The molecule has 1 aliphatic heterocycles. The van der Waals surface area contributed by atoms with Crippen LogP contribution < -0.4 is 5.32 Å². The molecule has 5 aliphatic rings. The van der Waals surface area contributed by atoms with Gasteiger partial charge in [0.05, 0.1) is 0 Å². The van der Waals surface area contributed by atoms with Gasteiger partial charge in [0, 0.05) is 12.8 Å². The minimum atomic E-state index is 0.463. The van der Waals surface area contributed by atoms with Crippen LogP contribution in [0.25, 0.3) is 0 Å². The first-order valence-electron chi connectivity index (χ1n) is 8.94. The fraction of sp³-hybridized carbons (Fsp3) is 0.737. The number of carbonyl (C=O) groups is 1. The van der Waals surface area contributed by atoms with E-state index < -0.39 is 0 Å². The van der Waals surface area contributed by atoms with Crippen molar-refractivity contribution in [3.63, 3.8) is 0 Å². The highest BCUT2D eigenvalue weighted by atomic mass is 16.1. The number of nitrogens with one attached hydrogen (secondary N) is 1. The molecule has 4 aliphatic carbocycles. The van der Waals surface area contributed by atoms with E-state index in [-0.39, 0.29) is 0 Å². The number of fused-ring (bicyclic) bond motifs is 7. The van der Waals surface area contributed by atoms with Crippen molar-refractivity contribution in [2.75, 3.05) is 13.1 Å². The fourth-order valence-corrected chi connectivity index (χ4v) is 6.40. The first kappa shape index (κ1) is 12.6. The van der Waals surface area contributed by atoms with Gasteiger partial charge in [0.25, 0.3) is 0 Å². The Morgan fingerprint density at radius 1 is 0.952 bits per heavy atom. The smallest absolute Gasteiger partial charge is 0.136 e. The molecule has 2 nitrogen and oxygen atoms in total. The van der Waals surface area contributed by atoms with Gasteiger partial charge in [-0.25, -0.2) is 0 Å². The van der Waals surface area contributed by atoms with E-state index in [9.17, 15) is 4.79 Å². The highest BCUT2D eigenvalue weighted by Gasteiger charge is 2.51. The first-order valence-corrected chi connectivity index (χ1v) is 8.94. The molecule has 0 aromatic carbocycles. The van der Waals surface area contributed by atoms with Crippen molar-refractivity contribution >= 4 is 5.78 Å². The lowest BCUT2D eigenvalue weighted by molar-refractivity contribution is -0.119. The topological polar surface area (TPSA) is 29.1 Å². The summed E-state index contributed by atoms with van der Waals surface area (Å²) in [6.45, 7) is 2.53. The lowest BCUT2D eigenvalue weighted by atomic mass is 9.60. The number of ketones is 1. The molecule has 0 aromatic rings. The van der Waals surface area contributed by atoms with E-state index in [0.29, 0.717) is 11.7 Å². The van der Waals surface area contributed by atoms with Gasteiger partial charge in [-0.2, -0.15) is 0 Å². The summed E-state index contributed by atoms with van der Waals surface area (Å²) in [5.74, 6) is 5.68. The Kier molecular flexibility index (Phi) is 2.74. The zero-order chi connectivity index (χ0) is 14.0. The highest BCUT2D eigenvalue weighted by Crippen LogP contribution is 2.57. The largest absolute Gasteiger partial charge is 0.316 e. The molecule has 0 bridgehead atoms. The maximum Gasteiger partial charge on any atom is 0.136 e. The minimum Gasteiger partial charge on any atom is -0.316 e. The summed E-state index contributed by atoms with van der Waals surface area (Å²) in [7, 11) is 0. The van der Waals surface area contributed by atoms with Crippen LogP contribution in [0.4, 0.5) is 0 Å². The van der Waals surface area contributed by atoms with E-state index in [2.05, 4.69) is 17.5 Å². The summed E-state index contributed by atoms with van der Waals surface area (Å²) in [4.78, 5) is 11.7. The number of allylic oxidation sites excluding steroid dienone is 4. The molecule has 0 amide bonds. The maximum absolute atomic E-state index is 11.7. The van der Waals surface area contributed by atoms with Crippen LogP contribution in [0.5, 0.6) is 0 Å². The van der Waals surface area contributed by atoms with E-state index in [1.165, 1.54) is 37.9 Å². The molecule has 2 heteroatoms. The van der Waals surface area contributed by atoms with Crippen LogP contribution in [0.15, 0.2) is 23.3 Å². The fourth-order valence-electron chi connectivity index (χ4n) is 6.40. The Hall–Kier alpha value is -0.890. The zero-order valence-electron chi connectivity index (χ0n) is 12.7. The second-order valence-electron chi connectivity index (χ2n) is 8.04. The molecule has 21 heavy (non-hydrogen) atoms. The molecule has 1 N–H and O–H groups in total. The molecule has 6 unspecified atom stereocenters.